The van der Waals surface area contributed by atoms with Crippen molar-refractivity contribution in [3.63, 3.8) is 0 Å². The second kappa shape index (κ2) is 2.64. The average Bonchev–Trinajstić information content (AvgIpc) is 2.45. The minimum atomic E-state index is 0.775. The first-order valence-electron chi connectivity index (χ1n) is 3.06. The molecule has 0 saturated carbocycles. The van der Waals surface area contributed by atoms with Gasteiger partial charge in [0.1, 0.15) is 5.65 Å². The van der Waals surface area contributed by atoms with E-state index in [1.54, 1.807) is 6.20 Å². The van der Waals surface area contributed by atoms with Crippen LogP contribution in [-0.2, 0) is 0 Å². The standard InChI is InChI=1S/C7H4ClIN2/c8-6-4-1-2-10-7(4)11-3-5(6)9/h1-3H,(H,10,11). The molecule has 2 nitrogen and oxygen atoms in total. The number of H-pyrrole nitrogens is 1. The maximum atomic E-state index is 6.00. The number of pyridine rings is 1. The lowest BCUT2D eigenvalue weighted by Gasteiger charge is -1.94. The highest BCUT2D eigenvalue weighted by atomic mass is 127. The molecule has 0 aliphatic carbocycles. The molecule has 0 bridgehead atoms. The summed E-state index contributed by atoms with van der Waals surface area (Å²) in [7, 11) is 0. The van der Waals surface area contributed by atoms with Gasteiger partial charge in [-0.2, -0.15) is 0 Å². The average molecular weight is 278 g/mol. The number of fused-ring (bicyclic) bond motifs is 1. The van der Waals surface area contributed by atoms with Gasteiger partial charge in [0.15, 0.2) is 0 Å². The minimum absolute atomic E-state index is 0.775. The molecule has 2 heterocycles. The fourth-order valence-electron chi connectivity index (χ4n) is 0.951. The fourth-order valence-corrected chi connectivity index (χ4v) is 1.58. The second-order valence-electron chi connectivity index (χ2n) is 2.16. The Morgan fingerprint density at radius 2 is 2.36 bits per heavy atom. The largest absolute Gasteiger partial charge is 0.346 e. The van der Waals surface area contributed by atoms with E-state index in [1.165, 1.54) is 0 Å². The molecule has 2 aromatic heterocycles. The molecule has 4 heteroatoms. The van der Waals surface area contributed by atoms with Crippen LogP contribution in [0.25, 0.3) is 11.0 Å². The molecule has 0 unspecified atom stereocenters. The van der Waals surface area contributed by atoms with Crippen molar-refractivity contribution in [2.24, 2.45) is 0 Å². The Kier molecular flexibility index (Phi) is 1.77. The van der Waals surface area contributed by atoms with Crippen molar-refractivity contribution in [2.75, 3.05) is 0 Å². The summed E-state index contributed by atoms with van der Waals surface area (Å²) in [6.45, 7) is 0. The van der Waals surface area contributed by atoms with Gasteiger partial charge in [-0.3, -0.25) is 0 Å². The zero-order valence-electron chi connectivity index (χ0n) is 5.44. The van der Waals surface area contributed by atoms with E-state index in [4.69, 9.17) is 11.6 Å². The smallest absolute Gasteiger partial charge is 0.138 e. The van der Waals surface area contributed by atoms with E-state index in [0.29, 0.717) is 0 Å². The maximum Gasteiger partial charge on any atom is 0.138 e. The van der Waals surface area contributed by atoms with Gasteiger partial charge in [-0.1, -0.05) is 11.6 Å². The van der Waals surface area contributed by atoms with Crippen LogP contribution in [-0.4, -0.2) is 9.97 Å². The molecular weight excluding hydrogens is 274 g/mol. The number of rotatable bonds is 0. The minimum Gasteiger partial charge on any atom is -0.346 e. The molecule has 0 saturated heterocycles. The lowest BCUT2D eigenvalue weighted by molar-refractivity contribution is 1.31. The highest BCUT2D eigenvalue weighted by Gasteiger charge is 2.03. The van der Waals surface area contributed by atoms with Gasteiger partial charge in [0.25, 0.3) is 0 Å². The number of nitrogens with one attached hydrogen (secondary N) is 1. The molecule has 2 aromatic rings. The monoisotopic (exact) mass is 278 g/mol. The van der Waals surface area contributed by atoms with Crippen LogP contribution in [0.15, 0.2) is 18.5 Å². The summed E-state index contributed by atoms with van der Waals surface area (Å²) >= 11 is 8.16. The first-order chi connectivity index (χ1) is 5.29. The predicted octanol–water partition coefficient (Wildman–Crippen LogP) is 2.82. The van der Waals surface area contributed by atoms with Gasteiger partial charge in [0.05, 0.1) is 8.59 Å². The summed E-state index contributed by atoms with van der Waals surface area (Å²) in [5.74, 6) is 0. The summed E-state index contributed by atoms with van der Waals surface area (Å²) in [5.41, 5.74) is 0.843. The predicted molar refractivity (Wildman–Crippen MR) is 53.8 cm³/mol. The summed E-state index contributed by atoms with van der Waals surface area (Å²) < 4.78 is 0.983. The first kappa shape index (κ1) is 7.36. The highest BCUT2D eigenvalue weighted by Crippen LogP contribution is 2.25. The lowest BCUT2D eigenvalue weighted by atomic mass is 10.3. The molecule has 0 spiro atoms. The molecular formula is C7H4ClIN2. The van der Waals surface area contributed by atoms with Crippen molar-refractivity contribution in [1.82, 2.24) is 9.97 Å². The molecule has 0 radical (unpaired) electrons. The molecule has 2 rings (SSSR count). The molecule has 0 amide bonds. The number of nitrogens with zero attached hydrogens (tertiary/aromatic N) is 1. The third-order valence-corrected chi connectivity index (χ3v) is 3.02. The molecule has 56 valence electrons. The lowest BCUT2D eigenvalue weighted by Crippen LogP contribution is -1.80. The third-order valence-electron chi connectivity index (χ3n) is 1.48. The van der Waals surface area contributed by atoms with Crippen LogP contribution >= 0.6 is 34.2 Å². The van der Waals surface area contributed by atoms with Gasteiger partial charge in [-0.05, 0) is 28.7 Å². The summed E-state index contributed by atoms with van der Waals surface area (Å²) in [4.78, 5) is 7.14. The Morgan fingerprint density at radius 1 is 1.55 bits per heavy atom. The molecule has 0 atom stereocenters. The van der Waals surface area contributed by atoms with E-state index in [-0.39, 0.29) is 0 Å². The number of hydrogen-bond acceptors (Lipinski definition) is 1. The first-order valence-corrected chi connectivity index (χ1v) is 4.52. The Labute approximate surface area is 82.1 Å². The van der Waals surface area contributed by atoms with E-state index in [2.05, 4.69) is 32.6 Å². The Morgan fingerprint density at radius 3 is 3.18 bits per heavy atom. The molecule has 0 aromatic carbocycles. The van der Waals surface area contributed by atoms with Crippen LogP contribution in [0.3, 0.4) is 0 Å². The zero-order valence-corrected chi connectivity index (χ0v) is 8.35. The summed E-state index contributed by atoms with van der Waals surface area (Å²) in [5, 5.41) is 1.76. The summed E-state index contributed by atoms with van der Waals surface area (Å²) in [6, 6.07) is 1.92. The quantitative estimate of drug-likeness (QED) is 0.738. The van der Waals surface area contributed by atoms with Gasteiger partial charge in [-0.15, -0.1) is 0 Å². The molecule has 1 N–H and O–H groups in total. The van der Waals surface area contributed by atoms with E-state index >= 15 is 0 Å². The number of aromatic nitrogens is 2. The Balaban J connectivity index is 2.93. The van der Waals surface area contributed by atoms with E-state index in [1.807, 2.05) is 12.3 Å². The topological polar surface area (TPSA) is 28.7 Å². The maximum absolute atomic E-state index is 6.00. The summed E-state index contributed by atoms with van der Waals surface area (Å²) in [6.07, 6.45) is 3.58. The van der Waals surface area contributed by atoms with Crippen molar-refractivity contribution in [2.45, 2.75) is 0 Å². The number of aromatic amines is 1. The third kappa shape index (κ3) is 1.12. The molecule has 0 aliphatic heterocycles. The zero-order chi connectivity index (χ0) is 7.84. The van der Waals surface area contributed by atoms with E-state index < -0.39 is 0 Å². The Bertz CT molecular complexity index is 396. The van der Waals surface area contributed by atoms with Crippen LogP contribution in [0.4, 0.5) is 0 Å². The van der Waals surface area contributed by atoms with Gasteiger partial charge in [0.2, 0.25) is 0 Å². The van der Waals surface area contributed by atoms with Crippen LogP contribution in [0.1, 0.15) is 0 Å². The molecule has 11 heavy (non-hydrogen) atoms. The SMILES string of the molecule is Clc1c(I)cnc2[nH]ccc12. The van der Waals surface area contributed by atoms with Crippen molar-refractivity contribution in [3.8, 4) is 0 Å². The second-order valence-corrected chi connectivity index (χ2v) is 3.70. The van der Waals surface area contributed by atoms with Crippen molar-refractivity contribution in [3.05, 3.63) is 27.1 Å². The van der Waals surface area contributed by atoms with Crippen LogP contribution in [0.2, 0.25) is 5.02 Å². The van der Waals surface area contributed by atoms with E-state index in [9.17, 15) is 0 Å². The highest BCUT2D eigenvalue weighted by molar-refractivity contribution is 14.1. The number of hydrogen-bond donors (Lipinski definition) is 1. The van der Waals surface area contributed by atoms with E-state index in [0.717, 1.165) is 19.6 Å². The van der Waals surface area contributed by atoms with Crippen molar-refractivity contribution >= 4 is 45.2 Å². The fraction of sp³-hybridized carbons (Fsp3) is 0. The van der Waals surface area contributed by atoms with Gasteiger partial charge < -0.3 is 4.98 Å². The van der Waals surface area contributed by atoms with Crippen molar-refractivity contribution < 1.29 is 0 Å². The Hall–Kier alpha value is -0.290. The normalized spacial score (nSPS) is 10.7. The van der Waals surface area contributed by atoms with Crippen LogP contribution < -0.4 is 0 Å². The number of halogens is 2. The van der Waals surface area contributed by atoms with Gasteiger partial charge in [0, 0.05) is 17.8 Å². The molecule has 0 fully saturated rings. The van der Waals surface area contributed by atoms with Gasteiger partial charge >= 0.3 is 0 Å². The van der Waals surface area contributed by atoms with Crippen LogP contribution in [0.5, 0.6) is 0 Å². The van der Waals surface area contributed by atoms with Crippen molar-refractivity contribution in [1.29, 1.82) is 0 Å². The molecule has 0 aliphatic rings. The van der Waals surface area contributed by atoms with Crippen LogP contribution in [0, 0.1) is 3.57 Å². The van der Waals surface area contributed by atoms with Gasteiger partial charge in [-0.25, -0.2) is 4.98 Å².